The van der Waals surface area contributed by atoms with E-state index in [9.17, 15) is 19.2 Å². The van der Waals surface area contributed by atoms with E-state index in [4.69, 9.17) is 33.8 Å². The number of carboxylic acid groups (broad SMARTS) is 1. The average Bonchev–Trinajstić information content (AvgIpc) is 2.69. The van der Waals surface area contributed by atoms with Crippen molar-refractivity contribution in [2.45, 2.75) is 37.8 Å². The Hall–Kier alpha value is -3.62. The Morgan fingerprint density at radius 2 is 1.32 bits per heavy atom. The molecular formula is C16H32N10O5. The summed E-state index contributed by atoms with van der Waals surface area (Å²) in [6.07, 6.45) is 1.26. The van der Waals surface area contributed by atoms with Crippen molar-refractivity contribution in [2.24, 2.45) is 38.7 Å². The van der Waals surface area contributed by atoms with Crippen LogP contribution >= 0.6 is 0 Å². The minimum atomic E-state index is -1.24. The molecule has 31 heavy (non-hydrogen) atoms. The van der Waals surface area contributed by atoms with Gasteiger partial charge in [0.05, 0.1) is 12.6 Å². The number of nitrogens with one attached hydrogen (secondary N) is 3. The molecule has 0 saturated heterocycles. The number of aliphatic imine (C=N–C) groups is 2. The fourth-order valence-corrected chi connectivity index (χ4v) is 2.25. The zero-order valence-electron chi connectivity index (χ0n) is 17.2. The number of amides is 3. The average molecular weight is 444 g/mol. The molecule has 176 valence electrons. The molecule has 0 aliphatic rings. The maximum absolute atomic E-state index is 12.1. The fourth-order valence-electron chi connectivity index (χ4n) is 2.25. The van der Waals surface area contributed by atoms with E-state index in [2.05, 4.69) is 25.9 Å². The van der Waals surface area contributed by atoms with E-state index in [0.29, 0.717) is 25.8 Å². The van der Waals surface area contributed by atoms with Crippen molar-refractivity contribution >= 4 is 35.6 Å². The Kier molecular flexibility index (Phi) is 13.5. The lowest BCUT2D eigenvalue weighted by Crippen LogP contribution is -2.51. The minimum absolute atomic E-state index is 0.0602. The Bertz CT molecular complexity index is 674. The highest BCUT2D eigenvalue weighted by atomic mass is 16.4. The van der Waals surface area contributed by atoms with Crippen molar-refractivity contribution in [2.75, 3.05) is 26.2 Å². The largest absolute Gasteiger partial charge is 0.480 e. The third-order valence-electron chi connectivity index (χ3n) is 3.74. The molecule has 0 aromatic heterocycles. The van der Waals surface area contributed by atoms with Crippen LogP contribution in [-0.2, 0) is 19.2 Å². The van der Waals surface area contributed by atoms with Crippen LogP contribution in [-0.4, -0.2) is 79.0 Å². The van der Waals surface area contributed by atoms with Crippen molar-refractivity contribution in [1.82, 2.24) is 16.0 Å². The Morgan fingerprint density at radius 1 is 0.806 bits per heavy atom. The van der Waals surface area contributed by atoms with E-state index in [0.717, 1.165) is 0 Å². The maximum atomic E-state index is 12.1. The summed E-state index contributed by atoms with van der Waals surface area (Å²) < 4.78 is 0. The SMILES string of the molecule is NC(N)=NCCCC(N)C(=O)NCC(=O)NC(CCCN=C(N)N)C(=O)NCC(=O)O. The predicted molar refractivity (Wildman–Crippen MR) is 113 cm³/mol. The molecule has 0 radical (unpaired) electrons. The van der Waals surface area contributed by atoms with Crippen molar-refractivity contribution < 1.29 is 24.3 Å². The fraction of sp³-hybridized carbons (Fsp3) is 0.625. The third-order valence-corrected chi connectivity index (χ3v) is 3.74. The van der Waals surface area contributed by atoms with Crippen LogP contribution in [0.3, 0.4) is 0 Å². The molecule has 15 heteroatoms. The van der Waals surface area contributed by atoms with Gasteiger partial charge in [-0.15, -0.1) is 0 Å². The number of aliphatic carboxylic acids is 1. The van der Waals surface area contributed by atoms with Gasteiger partial charge < -0.3 is 49.7 Å². The molecule has 0 aliphatic heterocycles. The number of carboxylic acids is 1. The number of rotatable bonds is 15. The third kappa shape index (κ3) is 15.0. The summed E-state index contributed by atoms with van der Waals surface area (Å²) >= 11 is 0. The van der Waals surface area contributed by atoms with E-state index < -0.39 is 48.9 Å². The normalized spacial score (nSPS) is 12.0. The van der Waals surface area contributed by atoms with Gasteiger partial charge in [0, 0.05) is 13.1 Å². The van der Waals surface area contributed by atoms with Gasteiger partial charge in [0.2, 0.25) is 17.7 Å². The number of nitrogens with two attached hydrogens (primary N) is 5. The second kappa shape index (κ2) is 15.3. The first kappa shape index (κ1) is 27.4. The lowest BCUT2D eigenvalue weighted by atomic mass is 10.1. The van der Waals surface area contributed by atoms with Crippen LogP contribution in [0, 0.1) is 0 Å². The monoisotopic (exact) mass is 444 g/mol. The molecule has 0 heterocycles. The molecule has 15 nitrogen and oxygen atoms in total. The van der Waals surface area contributed by atoms with E-state index in [1.54, 1.807) is 0 Å². The van der Waals surface area contributed by atoms with Crippen molar-refractivity contribution in [3.63, 3.8) is 0 Å². The van der Waals surface area contributed by atoms with Crippen LogP contribution in [0.1, 0.15) is 25.7 Å². The van der Waals surface area contributed by atoms with Crippen LogP contribution in [0.15, 0.2) is 9.98 Å². The zero-order chi connectivity index (χ0) is 23.8. The molecule has 14 N–H and O–H groups in total. The minimum Gasteiger partial charge on any atom is -0.480 e. The first-order valence-corrected chi connectivity index (χ1v) is 9.45. The van der Waals surface area contributed by atoms with Gasteiger partial charge in [-0.3, -0.25) is 29.2 Å². The van der Waals surface area contributed by atoms with E-state index >= 15 is 0 Å². The van der Waals surface area contributed by atoms with Gasteiger partial charge >= 0.3 is 5.97 Å². The number of nitrogens with zero attached hydrogens (tertiary/aromatic N) is 2. The molecule has 0 rings (SSSR count). The van der Waals surface area contributed by atoms with Crippen molar-refractivity contribution in [3.8, 4) is 0 Å². The van der Waals surface area contributed by atoms with Crippen molar-refractivity contribution in [3.05, 3.63) is 0 Å². The molecule has 0 fully saturated rings. The number of carbonyl (C=O) groups excluding carboxylic acids is 3. The Balaban J connectivity index is 4.58. The Morgan fingerprint density at radius 3 is 1.84 bits per heavy atom. The van der Waals surface area contributed by atoms with Gasteiger partial charge in [-0.05, 0) is 25.7 Å². The van der Waals surface area contributed by atoms with Crippen LogP contribution in [0.2, 0.25) is 0 Å². The molecule has 0 bridgehead atoms. The first-order chi connectivity index (χ1) is 14.5. The summed E-state index contributed by atoms with van der Waals surface area (Å²) in [6.45, 7) is -0.495. The highest BCUT2D eigenvalue weighted by molar-refractivity contribution is 5.91. The van der Waals surface area contributed by atoms with E-state index in [1.165, 1.54) is 0 Å². The van der Waals surface area contributed by atoms with Gasteiger partial charge in [-0.25, -0.2) is 0 Å². The smallest absolute Gasteiger partial charge is 0.322 e. The number of hydrogen-bond acceptors (Lipinski definition) is 7. The summed E-state index contributed by atoms with van der Waals surface area (Å²) in [6, 6.07) is -1.90. The molecule has 0 spiro atoms. The van der Waals surface area contributed by atoms with Gasteiger partial charge in [-0.2, -0.15) is 0 Å². The van der Waals surface area contributed by atoms with Gasteiger partial charge in [0.1, 0.15) is 12.6 Å². The lowest BCUT2D eigenvalue weighted by Gasteiger charge is -2.18. The van der Waals surface area contributed by atoms with Crippen molar-refractivity contribution in [1.29, 1.82) is 0 Å². The number of carbonyl (C=O) groups is 4. The summed E-state index contributed by atoms with van der Waals surface area (Å²) in [4.78, 5) is 54.4. The summed E-state index contributed by atoms with van der Waals surface area (Å²) in [5, 5.41) is 15.7. The standard InChI is InChI=1S/C16H32N10O5/c17-9(3-1-5-22-15(18)19)13(30)24-7-11(27)26-10(4-2-6-23-16(20)21)14(31)25-8-12(28)29/h9-10H,1-8,17H2,(H,24,30)(H,25,31)(H,26,27)(H,28,29)(H4,18,19,22)(H4,20,21,23). The van der Waals surface area contributed by atoms with E-state index in [-0.39, 0.29) is 24.9 Å². The molecule has 0 aromatic carbocycles. The predicted octanol–water partition coefficient (Wildman–Crippen LogP) is -4.78. The Labute approximate surface area is 179 Å². The maximum Gasteiger partial charge on any atom is 0.322 e. The van der Waals surface area contributed by atoms with Crippen LogP contribution in [0.25, 0.3) is 0 Å². The highest BCUT2D eigenvalue weighted by Gasteiger charge is 2.21. The molecule has 0 aromatic rings. The summed E-state index contributed by atoms with van der Waals surface area (Å²) in [7, 11) is 0. The zero-order valence-corrected chi connectivity index (χ0v) is 17.2. The number of hydrogen-bond donors (Lipinski definition) is 9. The van der Waals surface area contributed by atoms with Crippen LogP contribution in [0.5, 0.6) is 0 Å². The molecule has 0 saturated carbocycles. The van der Waals surface area contributed by atoms with Gasteiger partial charge in [0.25, 0.3) is 0 Å². The van der Waals surface area contributed by atoms with E-state index in [1.807, 2.05) is 0 Å². The molecule has 3 amide bonds. The highest BCUT2D eigenvalue weighted by Crippen LogP contribution is 1.99. The second-order valence-electron chi connectivity index (χ2n) is 6.45. The topological polar surface area (TPSA) is 279 Å². The molecular weight excluding hydrogens is 412 g/mol. The lowest BCUT2D eigenvalue weighted by molar-refractivity contribution is -0.138. The quantitative estimate of drug-likeness (QED) is 0.0659. The molecule has 2 unspecified atom stereocenters. The van der Waals surface area contributed by atoms with Gasteiger partial charge in [0.15, 0.2) is 11.9 Å². The van der Waals surface area contributed by atoms with Crippen LogP contribution < -0.4 is 44.6 Å². The number of guanidine groups is 2. The first-order valence-electron chi connectivity index (χ1n) is 9.45. The van der Waals surface area contributed by atoms with Gasteiger partial charge in [-0.1, -0.05) is 0 Å². The second-order valence-corrected chi connectivity index (χ2v) is 6.45. The van der Waals surface area contributed by atoms with Crippen LogP contribution in [0.4, 0.5) is 0 Å². The molecule has 0 aliphatic carbocycles. The summed E-state index contributed by atoms with van der Waals surface area (Å²) in [5.41, 5.74) is 26.6. The summed E-state index contributed by atoms with van der Waals surface area (Å²) in [5.74, 6) is -3.32. The molecule has 2 atom stereocenters.